The van der Waals surface area contributed by atoms with Crippen LogP contribution >= 0.6 is 0 Å². The van der Waals surface area contributed by atoms with Crippen LogP contribution in [-0.2, 0) is 4.74 Å². The Bertz CT molecular complexity index is 347. The second-order valence-electron chi connectivity index (χ2n) is 4.35. The van der Waals surface area contributed by atoms with Crippen LogP contribution in [0.3, 0.4) is 0 Å². The van der Waals surface area contributed by atoms with Crippen LogP contribution in [0, 0.1) is 0 Å². The smallest absolute Gasteiger partial charge is 0.119 e. The number of aliphatic hydroxyl groups is 1. The minimum atomic E-state index is 0.0598. The molecule has 1 aliphatic rings. The van der Waals surface area contributed by atoms with Gasteiger partial charge in [-0.2, -0.15) is 0 Å². The first kappa shape index (κ1) is 13.3. The van der Waals surface area contributed by atoms with E-state index in [9.17, 15) is 5.11 Å². The average Bonchev–Trinajstić information content (AvgIpc) is 2.43. The Morgan fingerprint density at radius 3 is 2.50 bits per heavy atom. The molecule has 1 aromatic rings. The number of rotatable bonds is 5. The monoisotopic (exact) mass is 251 g/mol. The van der Waals surface area contributed by atoms with Crippen LogP contribution in [0.2, 0.25) is 0 Å². The minimum Gasteiger partial charge on any atom is -0.494 e. The number of hydrogen-bond acceptors (Lipinski definition) is 4. The molecule has 0 spiro atoms. The molecule has 4 nitrogen and oxygen atoms in total. The van der Waals surface area contributed by atoms with E-state index in [4.69, 9.17) is 9.47 Å². The van der Waals surface area contributed by atoms with Gasteiger partial charge in [-0.15, -0.1) is 0 Å². The van der Waals surface area contributed by atoms with Crippen LogP contribution < -0.4 is 4.74 Å². The third-order valence-corrected chi connectivity index (χ3v) is 3.24. The summed E-state index contributed by atoms with van der Waals surface area (Å²) in [6.45, 7) is 6.01. The molecule has 100 valence electrons. The molecule has 0 unspecified atom stereocenters. The Hall–Kier alpha value is -1.10. The summed E-state index contributed by atoms with van der Waals surface area (Å²) in [7, 11) is 0. The number of aliphatic hydroxyl groups excluding tert-OH is 1. The lowest BCUT2D eigenvalue weighted by Crippen LogP contribution is -2.40. The lowest BCUT2D eigenvalue weighted by atomic mass is 10.1. The largest absolute Gasteiger partial charge is 0.494 e. The van der Waals surface area contributed by atoms with Gasteiger partial charge in [-0.1, -0.05) is 12.1 Å². The molecule has 4 heteroatoms. The molecule has 0 bridgehead atoms. The average molecular weight is 251 g/mol. The second kappa shape index (κ2) is 6.73. The lowest BCUT2D eigenvalue weighted by Gasteiger charge is -2.33. The summed E-state index contributed by atoms with van der Waals surface area (Å²) < 4.78 is 10.8. The van der Waals surface area contributed by atoms with Gasteiger partial charge in [0, 0.05) is 13.1 Å². The first-order chi connectivity index (χ1) is 8.85. The summed E-state index contributed by atoms with van der Waals surface area (Å²) in [5.74, 6) is 0.875. The molecule has 0 saturated carbocycles. The first-order valence-corrected chi connectivity index (χ1v) is 6.50. The van der Waals surface area contributed by atoms with Crippen LogP contribution in [0.1, 0.15) is 18.5 Å². The minimum absolute atomic E-state index is 0.0598. The SMILES string of the molecule is CCOc1ccc([C@H](CO)N2CCOCC2)cc1. The summed E-state index contributed by atoms with van der Waals surface area (Å²) in [6, 6.07) is 8.04. The predicted octanol–water partition coefficient (Wildman–Crippen LogP) is 1.45. The van der Waals surface area contributed by atoms with Gasteiger partial charge in [0.05, 0.1) is 32.5 Å². The van der Waals surface area contributed by atoms with E-state index in [1.165, 1.54) is 0 Å². The van der Waals surface area contributed by atoms with Gasteiger partial charge in [-0.05, 0) is 24.6 Å². The molecule has 0 aromatic heterocycles. The molecular weight excluding hydrogens is 230 g/mol. The third kappa shape index (κ3) is 3.22. The van der Waals surface area contributed by atoms with Gasteiger partial charge in [-0.25, -0.2) is 0 Å². The van der Waals surface area contributed by atoms with Crippen LogP contribution in [-0.4, -0.2) is 49.5 Å². The maximum atomic E-state index is 9.59. The zero-order chi connectivity index (χ0) is 12.8. The van der Waals surface area contributed by atoms with Crippen LogP contribution in [0.25, 0.3) is 0 Å². The molecule has 1 heterocycles. The predicted molar refractivity (Wildman–Crippen MR) is 69.8 cm³/mol. The Kier molecular flexibility index (Phi) is 4.99. The standard InChI is InChI=1S/C14H21NO3/c1-2-18-13-5-3-12(4-6-13)14(11-16)15-7-9-17-10-8-15/h3-6,14,16H,2,7-11H2,1H3/t14-/m0/s1. The number of hydrogen-bond donors (Lipinski definition) is 1. The molecule has 1 atom stereocenters. The van der Waals surface area contributed by atoms with E-state index in [1.54, 1.807) is 0 Å². The van der Waals surface area contributed by atoms with Crippen molar-refractivity contribution in [1.82, 2.24) is 4.90 Å². The molecule has 0 amide bonds. The Balaban J connectivity index is 2.06. The molecular formula is C14H21NO3. The molecule has 2 rings (SSSR count). The fourth-order valence-electron chi connectivity index (χ4n) is 2.27. The van der Waals surface area contributed by atoms with Crippen molar-refractivity contribution in [2.75, 3.05) is 39.5 Å². The summed E-state index contributed by atoms with van der Waals surface area (Å²) in [5.41, 5.74) is 1.13. The van der Waals surface area contributed by atoms with Gasteiger partial charge < -0.3 is 14.6 Å². The maximum absolute atomic E-state index is 9.59. The fraction of sp³-hybridized carbons (Fsp3) is 0.571. The molecule has 0 aliphatic carbocycles. The van der Waals surface area contributed by atoms with Crippen molar-refractivity contribution < 1.29 is 14.6 Å². The van der Waals surface area contributed by atoms with Gasteiger partial charge in [0.1, 0.15) is 5.75 Å². The van der Waals surface area contributed by atoms with Crippen molar-refractivity contribution in [3.63, 3.8) is 0 Å². The zero-order valence-electron chi connectivity index (χ0n) is 10.8. The van der Waals surface area contributed by atoms with Gasteiger partial charge in [0.15, 0.2) is 0 Å². The van der Waals surface area contributed by atoms with E-state index in [0.29, 0.717) is 6.61 Å². The number of morpholine rings is 1. The molecule has 0 radical (unpaired) electrons. The van der Waals surface area contributed by atoms with Gasteiger partial charge >= 0.3 is 0 Å². The molecule has 18 heavy (non-hydrogen) atoms. The number of benzene rings is 1. The van der Waals surface area contributed by atoms with E-state index >= 15 is 0 Å². The normalized spacial score (nSPS) is 18.6. The summed E-state index contributed by atoms with van der Waals surface area (Å²) in [4.78, 5) is 2.26. The number of nitrogens with zero attached hydrogens (tertiary/aromatic N) is 1. The highest BCUT2D eigenvalue weighted by Crippen LogP contribution is 2.23. The van der Waals surface area contributed by atoms with E-state index in [1.807, 2.05) is 31.2 Å². The van der Waals surface area contributed by atoms with Gasteiger partial charge in [-0.3, -0.25) is 4.90 Å². The Morgan fingerprint density at radius 2 is 1.94 bits per heavy atom. The quantitative estimate of drug-likeness (QED) is 0.860. The number of ether oxygens (including phenoxy) is 2. The Morgan fingerprint density at radius 1 is 1.28 bits per heavy atom. The van der Waals surface area contributed by atoms with Gasteiger partial charge in [0.25, 0.3) is 0 Å². The van der Waals surface area contributed by atoms with Crippen molar-refractivity contribution >= 4 is 0 Å². The zero-order valence-corrected chi connectivity index (χ0v) is 10.8. The van der Waals surface area contributed by atoms with E-state index in [2.05, 4.69) is 4.90 Å². The molecule has 1 fully saturated rings. The van der Waals surface area contributed by atoms with E-state index < -0.39 is 0 Å². The van der Waals surface area contributed by atoms with Crippen molar-refractivity contribution in [2.24, 2.45) is 0 Å². The van der Waals surface area contributed by atoms with Crippen molar-refractivity contribution in [2.45, 2.75) is 13.0 Å². The highest BCUT2D eigenvalue weighted by Gasteiger charge is 2.21. The highest BCUT2D eigenvalue weighted by molar-refractivity contribution is 5.29. The molecule has 1 N–H and O–H groups in total. The lowest BCUT2D eigenvalue weighted by molar-refractivity contribution is 0.00258. The van der Waals surface area contributed by atoms with Crippen molar-refractivity contribution in [3.8, 4) is 5.75 Å². The highest BCUT2D eigenvalue weighted by atomic mass is 16.5. The van der Waals surface area contributed by atoms with E-state index in [0.717, 1.165) is 37.6 Å². The maximum Gasteiger partial charge on any atom is 0.119 e. The van der Waals surface area contributed by atoms with Crippen LogP contribution in [0.4, 0.5) is 0 Å². The first-order valence-electron chi connectivity index (χ1n) is 6.50. The Labute approximate surface area is 108 Å². The summed E-state index contributed by atoms with van der Waals surface area (Å²) >= 11 is 0. The second-order valence-corrected chi connectivity index (χ2v) is 4.35. The fourth-order valence-corrected chi connectivity index (χ4v) is 2.27. The van der Waals surface area contributed by atoms with Gasteiger partial charge in [0.2, 0.25) is 0 Å². The molecule has 1 saturated heterocycles. The van der Waals surface area contributed by atoms with Crippen molar-refractivity contribution in [3.05, 3.63) is 29.8 Å². The topological polar surface area (TPSA) is 41.9 Å². The third-order valence-electron chi connectivity index (χ3n) is 3.24. The van der Waals surface area contributed by atoms with Crippen LogP contribution in [0.5, 0.6) is 5.75 Å². The molecule has 1 aliphatic heterocycles. The summed E-state index contributed by atoms with van der Waals surface area (Å²) in [6.07, 6.45) is 0. The van der Waals surface area contributed by atoms with Crippen molar-refractivity contribution in [1.29, 1.82) is 0 Å². The molecule has 1 aromatic carbocycles. The van der Waals surface area contributed by atoms with Crippen LogP contribution in [0.15, 0.2) is 24.3 Å². The van der Waals surface area contributed by atoms with E-state index in [-0.39, 0.29) is 12.6 Å². The summed E-state index contributed by atoms with van der Waals surface area (Å²) in [5, 5.41) is 9.59.